The molecular weight excluding hydrogens is 260 g/mol. The number of benzene rings is 1. The number of likely N-dealkylation sites (N-methyl/N-ethyl adjacent to an activating group) is 1. The van der Waals surface area contributed by atoms with Crippen LogP contribution in [0.15, 0.2) is 30.6 Å². The van der Waals surface area contributed by atoms with E-state index >= 15 is 0 Å². The van der Waals surface area contributed by atoms with Crippen LogP contribution in [0.25, 0.3) is 0 Å². The van der Waals surface area contributed by atoms with E-state index in [0.717, 1.165) is 30.4 Å². The smallest absolute Gasteiger partial charge is 0.138 e. The van der Waals surface area contributed by atoms with Gasteiger partial charge in [0.2, 0.25) is 0 Å². The maximum Gasteiger partial charge on any atom is 0.138 e. The highest BCUT2D eigenvalue weighted by atomic mass is 35.5. The van der Waals surface area contributed by atoms with E-state index in [0.29, 0.717) is 5.92 Å². The Morgan fingerprint density at radius 3 is 2.68 bits per heavy atom. The van der Waals surface area contributed by atoms with Crippen molar-refractivity contribution in [2.75, 3.05) is 13.6 Å². The molecule has 19 heavy (non-hydrogen) atoms. The van der Waals surface area contributed by atoms with E-state index in [-0.39, 0.29) is 0 Å². The van der Waals surface area contributed by atoms with Crippen LogP contribution in [0.4, 0.5) is 0 Å². The van der Waals surface area contributed by atoms with E-state index in [1.807, 2.05) is 23.9 Å². The van der Waals surface area contributed by atoms with Crippen molar-refractivity contribution < 1.29 is 0 Å². The van der Waals surface area contributed by atoms with Crippen LogP contribution in [-0.2, 0) is 13.0 Å². The number of hydrogen-bond acceptors (Lipinski definition) is 3. The first-order valence-electron chi connectivity index (χ1n) is 6.51. The Morgan fingerprint density at radius 1 is 1.32 bits per heavy atom. The summed E-state index contributed by atoms with van der Waals surface area (Å²) in [5.74, 6) is 1.40. The molecule has 2 rings (SSSR count). The maximum absolute atomic E-state index is 5.94. The Balaban J connectivity index is 2.18. The first-order chi connectivity index (χ1) is 9.24. The molecule has 0 amide bonds. The van der Waals surface area contributed by atoms with Gasteiger partial charge in [-0.25, -0.2) is 4.98 Å². The van der Waals surface area contributed by atoms with Gasteiger partial charge in [0.1, 0.15) is 12.2 Å². The molecule has 1 atom stereocenters. The number of rotatable bonds is 6. The van der Waals surface area contributed by atoms with Crippen LogP contribution < -0.4 is 5.32 Å². The Morgan fingerprint density at radius 2 is 2.05 bits per heavy atom. The summed E-state index contributed by atoms with van der Waals surface area (Å²) in [7, 11) is 1.97. The molecule has 0 saturated heterocycles. The molecule has 4 nitrogen and oxygen atoms in total. The lowest BCUT2D eigenvalue weighted by atomic mass is 9.95. The number of nitrogens with one attached hydrogen (secondary N) is 1. The maximum atomic E-state index is 5.94. The second-order valence-electron chi connectivity index (χ2n) is 4.50. The molecule has 0 aliphatic rings. The van der Waals surface area contributed by atoms with Gasteiger partial charge in [0.25, 0.3) is 0 Å². The van der Waals surface area contributed by atoms with Gasteiger partial charge in [0.15, 0.2) is 0 Å². The van der Waals surface area contributed by atoms with Crippen molar-refractivity contribution in [3.05, 3.63) is 47.0 Å². The van der Waals surface area contributed by atoms with E-state index in [9.17, 15) is 0 Å². The minimum Gasteiger partial charge on any atom is -0.319 e. The van der Waals surface area contributed by atoms with Crippen molar-refractivity contribution in [2.45, 2.75) is 25.8 Å². The molecule has 102 valence electrons. The van der Waals surface area contributed by atoms with E-state index in [1.54, 1.807) is 6.33 Å². The highest BCUT2D eigenvalue weighted by molar-refractivity contribution is 6.30. The van der Waals surface area contributed by atoms with Crippen molar-refractivity contribution in [1.82, 2.24) is 20.1 Å². The third-order valence-corrected chi connectivity index (χ3v) is 3.47. The lowest BCUT2D eigenvalue weighted by molar-refractivity contribution is 0.556. The fourth-order valence-corrected chi connectivity index (χ4v) is 2.35. The summed E-state index contributed by atoms with van der Waals surface area (Å²) in [4.78, 5) is 4.35. The average Bonchev–Trinajstić information content (AvgIpc) is 2.86. The largest absolute Gasteiger partial charge is 0.319 e. The van der Waals surface area contributed by atoms with E-state index < -0.39 is 0 Å². The molecular formula is C14H19ClN4. The predicted octanol–water partition coefficient (Wildman–Crippen LogP) is 2.50. The van der Waals surface area contributed by atoms with Crippen LogP contribution in [0, 0.1) is 0 Å². The second kappa shape index (κ2) is 6.68. The molecule has 0 aliphatic heterocycles. The highest BCUT2D eigenvalue weighted by Gasteiger charge is 2.15. The van der Waals surface area contributed by atoms with Crippen LogP contribution in [0.5, 0.6) is 0 Å². The topological polar surface area (TPSA) is 42.7 Å². The van der Waals surface area contributed by atoms with Gasteiger partial charge in [-0.1, -0.05) is 23.7 Å². The Hall–Kier alpha value is -1.39. The number of nitrogens with zero attached hydrogens (tertiary/aromatic N) is 3. The van der Waals surface area contributed by atoms with Crippen LogP contribution in [0.1, 0.15) is 24.2 Å². The van der Waals surface area contributed by atoms with E-state index in [2.05, 4.69) is 34.5 Å². The van der Waals surface area contributed by atoms with Gasteiger partial charge in [0.05, 0.1) is 0 Å². The number of aromatic nitrogens is 3. The summed E-state index contributed by atoms with van der Waals surface area (Å²) < 4.78 is 1.94. The molecule has 0 spiro atoms. The van der Waals surface area contributed by atoms with Crippen LogP contribution >= 0.6 is 11.6 Å². The lowest BCUT2D eigenvalue weighted by Crippen LogP contribution is -2.21. The van der Waals surface area contributed by atoms with Crippen molar-refractivity contribution in [2.24, 2.45) is 0 Å². The average molecular weight is 279 g/mol. The lowest BCUT2D eigenvalue weighted by Gasteiger charge is -2.17. The Bertz CT molecular complexity index is 506. The van der Waals surface area contributed by atoms with Crippen LogP contribution in [-0.4, -0.2) is 28.4 Å². The van der Waals surface area contributed by atoms with Gasteiger partial charge >= 0.3 is 0 Å². The minimum atomic E-state index is 0.372. The molecule has 0 saturated carbocycles. The second-order valence-corrected chi connectivity index (χ2v) is 4.94. The molecule has 2 aromatic rings. The van der Waals surface area contributed by atoms with Gasteiger partial charge < -0.3 is 5.32 Å². The fourth-order valence-electron chi connectivity index (χ4n) is 2.22. The van der Waals surface area contributed by atoms with Gasteiger partial charge in [-0.05, 0) is 31.7 Å². The summed E-state index contributed by atoms with van der Waals surface area (Å²) in [6, 6.07) is 8.03. The molecule has 0 bridgehead atoms. The van der Waals surface area contributed by atoms with Gasteiger partial charge in [0, 0.05) is 30.5 Å². The third-order valence-electron chi connectivity index (χ3n) is 3.22. The van der Waals surface area contributed by atoms with Crippen molar-refractivity contribution in [3.8, 4) is 0 Å². The number of hydrogen-bond donors (Lipinski definition) is 1. The molecule has 1 aromatic carbocycles. The first-order valence-corrected chi connectivity index (χ1v) is 6.89. The zero-order valence-corrected chi connectivity index (χ0v) is 12.1. The van der Waals surface area contributed by atoms with Gasteiger partial charge in [-0.15, -0.1) is 0 Å². The fraction of sp³-hybridized carbons (Fsp3) is 0.429. The van der Waals surface area contributed by atoms with E-state index in [4.69, 9.17) is 11.6 Å². The minimum absolute atomic E-state index is 0.372. The summed E-state index contributed by atoms with van der Waals surface area (Å²) in [5.41, 5.74) is 1.27. The molecule has 1 heterocycles. The normalized spacial score (nSPS) is 12.6. The Labute approximate surface area is 118 Å². The predicted molar refractivity (Wildman–Crippen MR) is 77.5 cm³/mol. The molecule has 5 heteroatoms. The quantitative estimate of drug-likeness (QED) is 0.883. The number of halogens is 1. The molecule has 0 radical (unpaired) electrons. The summed E-state index contributed by atoms with van der Waals surface area (Å²) in [6.45, 7) is 3.83. The third kappa shape index (κ3) is 3.55. The molecule has 1 aromatic heterocycles. The standard InChI is InChI=1S/C14H19ClN4/c1-3-19-14(17-10-18-19)8-12(9-16-2)11-4-6-13(15)7-5-11/h4-7,10,12,16H,3,8-9H2,1-2H3. The molecule has 0 aliphatic carbocycles. The summed E-state index contributed by atoms with van der Waals surface area (Å²) >= 11 is 5.94. The SMILES string of the molecule is CCn1ncnc1CC(CNC)c1ccc(Cl)cc1. The molecule has 1 N–H and O–H groups in total. The Kier molecular flexibility index (Phi) is 4.93. The van der Waals surface area contributed by atoms with Crippen molar-refractivity contribution in [1.29, 1.82) is 0 Å². The first kappa shape index (κ1) is 14.0. The monoisotopic (exact) mass is 278 g/mol. The van der Waals surface area contributed by atoms with Gasteiger partial charge in [-0.3, -0.25) is 4.68 Å². The highest BCUT2D eigenvalue weighted by Crippen LogP contribution is 2.21. The van der Waals surface area contributed by atoms with Crippen LogP contribution in [0.3, 0.4) is 0 Å². The zero-order valence-electron chi connectivity index (χ0n) is 11.3. The molecule has 1 unspecified atom stereocenters. The van der Waals surface area contributed by atoms with E-state index in [1.165, 1.54) is 5.56 Å². The summed E-state index contributed by atoms with van der Waals surface area (Å²) in [5, 5.41) is 8.23. The van der Waals surface area contributed by atoms with Crippen LogP contribution in [0.2, 0.25) is 5.02 Å². The van der Waals surface area contributed by atoms with Crippen molar-refractivity contribution >= 4 is 11.6 Å². The number of aryl methyl sites for hydroxylation is 1. The zero-order chi connectivity index (χ0) is 13.7. The molecule has 0 fully saturated rings. The van der Waals surface area contributed by atoms with Crippen molar-refractivity contribution in [3.63, 3.8) is 0 Å². The summed E-state index contributed by atoms with van der Waals surface area (Å²) in [6.07, 6.45) is 2.49. The van der Waals surface area contributed by atoms with Gasteiger partial charge in [-0.2, -0.15) is 5.10 Å².